The third-order valence-corrected chi connectivity index (χ3v) is 6.00. The quantitative estimate of drug-likeness (QED) is 0.400. The van der Waals surface area contributed by atoms with E-state index in [9.17, 15) is 0 Å². The van der Waals surface area contributed by atoms with Crippen LogP contribution in [0.25, 0.3) is 33.1 Å². The van der Waals surface area contributed by atoms with E-state index in [-0.39, 0.29) is 0 Å². The summed E-state index contributed by atoms with van der Waals surface area (Å²) in [5.41, 5.74) is 6.28. The Morgan fingerprint density at radius 1 is 0.692 bits per heavy atom. The fourth-order valence-corrected chi connectivity index (χ4v) is 4.62. The second-order valence-corrected chi connectivity index (χ2v) is 7.25. The third-order valence-electron chi connectivity index (χ3n) is 4.54. The van der Waals surface area contributed by atoms with Gasteiger partial charge in [-0.15, -0.1) is 0 Å². The lowest BCUT2D eigenvalue weighted by molar-refractivity contribution is 0.415. The monoisotopic (exact) mass is 357 g/mol. The molecule has 1 aromatic heterocycles. The van der Waals surface area contributed by atoms with Gasteiger partial charge in [0.1, 0.15) is 5.75 Å². The van der Waals surface area contributed by atoms with Gasteiger partial charge in [-0.25, -0.2) is 0 Å². The van der Waals surface area contributed by atoms with Crippen LogP contribution in [0.15, 0.2) is 84.9 Å². The summed E-state index contributed by atoms with van der Waals surface area (Å²) in [4.78, 5) is 0. The Balaban J connectivity index is 1.93. The van der Waals surface area contributed by atoms with E-state index in [1.807, 2.05) is 12.1 Å². The van der Waals surface area contributed by atoms with Crippen molar-refractivity contribution in [3.63, 3.8) is 0 Å². The first-order chi connectivity index (χ1) is 12.8. The van der Waals surface area contributed by atoms with E-state index in [1.165, 1.54) is 41.3 Å². The maximum Gasteiger partial charge on any atom is 0.118 e. The molecule has 0 atom stereocenters. The van der Waals surface area contributed by atoms with Gasteiger partial charge in [0.05, 0.1) is 18.2 Å². The topological polar surface area (TPSA) is 14.2 Å². The standard InChI is InChI=1S/C23H20NOP/c1-24-21(17-9-5-3-6-10-17)22(18-11-7-4-8-12-18)26-23(24)19-13-15-20(25-2)16-14-19/h3-16H,1-2H3. The van der Waals surface area contributed by atoms with Gasteiger partial charge in [0.15, 0.2) is 0 Å². The Labute approximate surface area is 155 Å². The molecule has 0 aliphatic carbocycles. The number of hydrogen-bond acceptors (Lipinski definition) is 1. The number of methoxy groups -OCH3 is 1. The van der Waals surface area contributed by atoms with Crippen molar-refractivity contribution in [1.29, 1.82) is 0 Å². The molecule has 128 valence electrons. The van der Waals surface area contributed by atoms with E-state index in [0.717, 1.165) is 5.75 Å². The van der Waals surface area contributed by atoms with Crippen LogP contribution in [0.3, 0.4) is 0 Å². The highest BCUT2D eigenvalue weighted by molar-refractivity contribution is 7.38. The molecule has 0 amide bonds. The van der Waals surface area contributed by atoms with Gasteiger partial charge in [0.25, 0.3) is 0 Å². The molecule has 0 spiro atoms. The summed E-state index contributed by atoms with van der Waals surface area (Å²) in [5.74, 6) is 0.881. The Morgan fingerprint density at radius 2 is 1.27 bits per heavy atom. The number of hydrogen-bond donors (Lipinski definition) is 0. The first-order valence-corrected chi connectivity index (χ1v) is 9.49. The minimum atomic E-state index is 0.881. The number of rotatable bonds is 4. The molecule has 0 saturated heterocycles. The van der Waals surface area contributed by atoms with Crippen LogP contribution < -0.4 is 4.74 Å². The van der Waals surface area contributed by atoms with Gasteiger partial charge in [-0.3, -0.25) is 0 Å². The molecule has 26 heavy (non-hydrogen) atoms. The van der Waals surface area contributed by atoms with Gasteiger partial charge in [0, 0.05) is 17.9 Å². The molecule has 0 aliphatic heterocycles. The summed E-state index contributed by atoms with van der Waals surface area (Å²) in [5, 5.41) is 1.34. The van der Waals surface area contributed by atoms with Crippen LogP contribution in [0.2, 0.25) is 0 Å². The SMILES string of the molecule is COc1ccc(-c2pc(-c3ccccc3)c(-c3ccccc3)n2C)cc1. The Kier molecular flexibility index (Phi) is 4.60. The fraction of sp³-hybridized carbons (Fsp3) is 0.0870. The van der Waals surface area contributed by atoms with Crippen LogP contribution in [0.5, 0.6) is 5.75 Å². The molecule has 0 bridgehead atoms. The molecule has 3 aromatic carbocycles. The lowest BCUT2D eigenvalue weighted by Gasteiger charge is -2.10. The van der Waals surface area contributed by atoms with Gasteiger partial charge < -0.3 is 9.30 Å². The predicted octanol–water partition coefficient (Wildman–Crippen LogP) is 6.61. The van der Waals surface area contributed by atoms with Gasteiger partial charge in [-0.1, -0.05) is 60.7 Å². The normalized spacial score (nSPS) is 11.0. The zero-order valence-corrected chi connectivity index (χ0v) is 15.8. The molecule has 4 rings (SSSR count). The summed E-state index contributed by atoms with van der Waals surface area (Å²) in [6.45, 7) is 0. The molecule has 0 fully saturated rings. The lowest BCUT2D eigenvalue weighted by atomic mass is 10.1. The third kappa shape index (κ3) is 3.05. The van der Waals surface area contributed by atoms with Crippen molar-refractivity contribution >= 4 is 8.19 Å². The highest BCUT2D eigenvalue weighted by atomic mass is 31.0. The Hall–Kier alpha value is -2.83. The minimum absolute atomic E-state index is 0.881. The maximum absolute atomic E-state index is 5.30. The van der Waals surface area contributed by atoms with E-state index < -0.39 is 0 Å². The van der Waals surface area contributed by atoms with Gasteiger partial charge >= 0.3 is 0 Å². The van der Waals surface area contributed by atoms with Crippen molar-refractivity contribution in [2.75, 3.05) is 7.11 Å². The molecule has 0 radical (unpaired) electrons. The number of benzene rings is 3. The molecular weight excluding hydrogens is 337 g/mol. The lowest BCUT2D eigenvalue weighted by Crippen LogP contribution is -1.95. The first-order valence-electron chi connectivity index (χ1n) is 8.60. The Morgan fingerprint density at radius 3 is 1.85 bits per heavy atom. The highest BCUT2D eigenvalue weighted by Gasteiger charge is 2.17. The molecule has 2 nitrogen and oxygen atoms in total. The van der Waals surface area contributed by atoms with Crippen molar-refractivity contribution in [2.24, 2.45) is 7.05 Å². The van der Waals surface area contributed by atoms with Gasteiger partial charge in [-0.05, 0) is 43.6 Å². The molecule has 0 N–H and O–H groups in total. The second kappa shape index (κ2) is 7.19. The zero-order valence-electron chi connectivity index (χ0n) is 14.9. The van der Waals surface area contributed by atoms with Crippen LogP contribution in [0, 0.1) is 0 Å². The van der Waals surface area contributed by atoms with Crippen molar-refractivity contribution in [3.05, 3.63) is 84.9 Å². The van der Waals surface area contributed by atoms with Gasteiger partial charge in [-0.2, -0.15) is 0 Å². The molecule has 0 saturated carbocycles. The minimum Gasteiger partial charge on any atom is -0.497 e. The summed E-state index contributed by atoms with van der Waals surface area (Å²) < 4.78 is 7.62. The van der Waals surface area contributed by atoms with E-state index in [4.69, 9.17) is 4.74 Å². The molecule has 0 unspecified atom stereocenters. The largest absolute Gasteiger partial charge is 0.497 e. The van der Waals surface area contributed by atoms with Crippen LogP contribution >= 0.6 is 8.19 Å². The zero-order chi connectivity index (χ0) is 17.9. The van der Waals surface area contributed by atoms with Crippen LogP contribution in [0.4, 0.5) is 0 Å². The van der Waals surface area contributed by atoms with Crippen LogP contribution in [0.1, 0.15) is 0 Å². The van der Waals surface area contributed by atoms with Crippen molar-refractivity contribution in [2.45, 2.75) is 0 Å². The second-order valence-electron chi connectivity index (χ2n) is 6.15. The fourth-order valence-electron chi connectivity index (χ4n) is 3.22. The summed E-state index contributed by atoms with van der Waals surface area (Å²) in [6.07, 6.45) is 0. The van der Waals surface area contributed by atoms with Crippen molar-refractivity contribution < 1.29 is 4.74 Å². The average molecular weight is 357 g/mol. The van der Waals surface area contributed by atoms with Crippen LogP contribution in [-0.2, 0) is 7.05 Å². The molecule has 1 heterocycles. The van der Waals surface area contributed by atoms with Crippen LogP contribution in [-0.4, -0.2) is 11.7 Å². The molecular formula is C23H20NOP. The molecule has 0 aliphatic rings. The van der Waals surface area contributed by atoms with E-state index in [0.29, 0.717) is 0 Å². The van der Waals surface area contributed by atoms with Gasteiger partial charge in [0.2, 0.25) is 0 Å². The number of ether oxygens (including phenoxy) is 1. The molecule has 3 heteroatoms. The summed E-state index contributed by atoms with van der Waals surface area (Å²) in [6, 6.07) is 29.6. The average Bonchev–Trinajstić information content (AvgIpc) is 3.06. The number of nitrogens with zero attached hydrogens (tertiary/aromatic N) is 1. The number of aromatic nitrogens is 1. The highest BCUT2D eigenvalue weighted by Crippen LogP contribution is 2.46. The van der Waals surface area contributed by atoms with E-state index >= 15 is 0 Å². The predicted molar refractivity (Wildman–Crippen MR) is 111 cm³/mol. The first kappa shape index (κ1) is 16.6. The maximum atomic E-state index is 5.30. The Bertz CT molecular complexity index is 1010. The van der Waals surface area contributed by atoms with Crippen molar-refractivity contribution in [1.82, 2.24) is 4.57 Å². The smallest absolute Gasteiger partial charge is 0.118 e. The summed E-state index contributed by atoms with van der Waals surface area (Å²) in [7, 11) is 5.07. The van der Waals surface area contributed by atoms with E-state index in [2.05, 4.69) is 84.4 Å². The molecule has 4 aromatic rings. The van der Waals surface area contributed by atoms with E-state index in [1.54, 1.807) is 7.11 Å². The summed E-state index contributed by atoms with van der Waals surface area (Å²) >= 11 is 0. The van der Waals surface area contributed by atoms with Crippen molar-refractivity contribution in [3.8, 4) is 38.9 Å².